The lowest BCUT2D eigenvalue weighted by molar-refractivity contribution is -0.156. The summed E-state index contributed by atoms with van der Waals surface area (Å²) >= 11 is 1.65. The molecule has 2 N–H and O–H groups in total. The lowest BCUT2D eigenvalue weighted by Crippen LogP contribution is -2.57. The topological polar surface area (TPSA) is 125 Å². The third kappa shape index (κ3) is 10.4. The number of nitrogens with one attached hydrogen (secondary N) is 2. The Balaban J connectivity index is 1.27. The van der Waals surface area contributed by atoms with E-state index in [2.05, 4.69) is 10.6 Å². The minimum absolute atomic E-state index is 0.135. The van der Waals surface area contributed by atoms with E-state index in [1.165, 1.54) is 7.11 Å². The Hall–Kier alpha value is -4.64. The van der Waals surface area contributed by atoms with Crippen molar-refractivity contribution in [2.75, 3.05) is 24.3 Å². The van der Waals surface area contributed by atoms with Gasteiger partial charge in [-0.1, -0.05) is 91.7 Å². The summed E-state index contributed by atoms with van der Waals surface area (Å²) in [7, 11) is 1.34. The van der Waals surface area contributed by atoms with Crippen molar-refractivity contribution < 1.29 is 28.7 Å². The number of nitrogens with zero attached hydrogens (tertiary/aromatic N) is 2. The molecule has 0 saturated carbocycles. The van der Waals surface area contributed by atoms with Gasteiger partial charge in [0, 0.05) is 24.1 Å². The molecule has 3 aromatic carbocycles. The second-order valence-corrected chi connectivity index (χ2v) is 16.2. The zero-order valence-electron chi connectivity index (χ0n) is 31.8. The summed E-state index contributed by atoms with van der Waals surface area (Å²) in [5, 5.41) is 6.04. The standard InChI is InChI=1S/C44H54N4O6S/c1-54-44(53)38-22-14-23-39-48(38)43(52)36(26-28-55-39)46-40(49)33(29-31-15-6-2-7-16-31)24-25-34(30-32-17-8-3-9-18-32)42(51)47(35-19-10-4-11-20-35)37-21-12-5-13-27-45-41(37)50/h2-4,6-11,15-20,33-34,36-39H,5,12-14,21-30H2,1H3,(H,45,50)(H,46,49)/t33-,34-,36?,37+,38?,39?/m1/s1. The molecule has 292 valence electrons. The van der Waals surface area contributed by atoms with Gasteiger partial charge in [-0.15, -0.1) is 11.8 Å². The van der Waals surface area contributed by atoms with Gasteiger partial charge in [0.2, 0.25) is 23.6 Å². The predicted molar refractivity (Wildman–Crippen MR) is 215 cm³/mol. The highest BCUT2D eigenvalue weighted by atomic mass is 32.2. The molecule has 3 saturated heterocycles. The maximum atomic E-state index is 15.0. The normalized spacial score (nSPS) is 22.7. The van der Waals surface area contributed by atoms with Crippen LogP contribution in [0.3, 0.4) is 0 Å². The monoisotopic (exact) mass is 766 g/mol. The molecule has 3 aliphatic heterocycles. The van der Waals surface area contributed by atoms with Crippen LogP contribution in [0.1, 0.15) is 75.3 Å². The molecule has 6 rings (SSSR count). The Bertz CT molecular complexity index is 1740. The van der Waals surface area contributed by atoms with Crippen LogP contribution in [0.15, 0.2) is 91.0 Å². The zero-order chi connectivity index (χ0) is 38.6. The number of rotatable bonds is 13. The summed E-state index contributed by atoms with van der Waals surface area (Å²) in [6.07, 6.45) is 7.55. The number of piperidine rings is 1. The van der Waals surface area contributed by atoms with Crippen LogP contribution in [0.4, 0.5) is 5.69 Å². The zero-order valence-corrected chi connectivity index (χ0v) is 32.6. The van der Waals surface area contributed by atoms with E-state index in [0.717, 1.165) is 43.2 Å². The fraction of sp³-hybridized carbons (Fsp3) is 0.477. The molecular weight excluding hydrogens is 713 g/mol. The van der Waals surface area contributed by atoms with E-state index >= 15 is 4.79 Å². The van der Waals surface area contributed by atoms with Gasteiger partial charge in [0.15, 0.2) is 0 Å². The molecule has 3 heterocycles. The minimum atomic E-state index is -0.776. The lowest BCUT2D eigenvalue weighted by Gasteiger charge is -2.40. The SMILES string of the molecule is COC(=O)C1CCCC2SCCC(NC(=O)[C@H](CC[C@H](Cc3ccccc3)C(=O)N(c3ccccc3)[C@H]3CCCCCNC3=O)Cc3ccccc3)C(=O)N21. The predicted octanol–water partition coefficient (Wildman–Crippen LogP) is 6.08. The van der Waals surface area contributed by atoms with Gasteiger partial charge in [-0.25, -0.2) is 4.79 Å². The fourth-order valence-electron chi connectivity index (χ4n) is 8.27. The van der Waals surface area contributed by atoms with E-state index in [-0.39, 0.29) is 29.0 Å². The number of benzene rings is 3. The van der Waals surface area contributed by atoms with Crippen molar-refractivity contribution in [3.63, 3.8) is 0 Å². The lowest BCUT2D eigenvalue weighted by atomic mass is 9.86. The molecule has 11 heteroatoms. The van der Waals surface area contributed by atoms with Crippen molar-refractivity contribution in [2.45, 2.75) is 101 Å². The first-order chi connectivity index (χ1) is 26.8. The van der Waals surface area contributed by atoms with Gasteiger partial charge in [0.1, 0.15) is 18.1 Å². The van der Waals surface area contributed by atoms with Gasteiger partial charge >= 0.3 is 5.97 Å². The number of thioether (sulfide) groups is 1. The highest BCUT2D eigenvalue weighted by Gasteiger charge is 2.44. The van der Waals surface area contributed by atoms with Gasteiger partial charge in [-0.2, -0.15) is 0 Å². The Morgan fingerprint density at radius 3 is 2.11 bits per heavy atom. The number of carbonyl (C=O) groups is 5. The number of hydrogen-bond acceptors (Lipinski definition) is 7. The molecule has 0 aliphatic carbocycles. The summed E-state index contributed by atoms with van der Waals surface area (Å²) in [5.41, 5.74) is 2.66. The quantitative estimate of drug-likeness (QED) is 0.202. The molecule has 0 bridgehead atoms. The van der Waals surface area contributed by atoms with E-state index in [4.69, 9.17) is 4.74 Å². The molecule has 3 fully saturated rings. The molecule has 0 spiro atoms. The van der Waals surface area contributed by atoms with E-state index in [1.807, 2.05) is 91.0 Å². The van der Waals surface area contributed by atoms with E-state index in [1.54, 1.807) is 21.6 Å². The summed E-state index contributed by atoms with van der Waals surface area (Å²) < 4.78 is 5.08. The smallest absolute Gasteiger partial charge is 0.328 e. The summed E-state index contributed by atoms with van der Waals surface area (Å²) in [6.45, 7) is 0.583. The van der Waals surface area contributed by atoms with Crippen LogP contribution in [-0.2, 0) is 41.6 Å². The maximum absolute atomic E-state index is 15.0. The van der Waals surface area contributed by atoms with Crippen molar-refractivity contribution in [2.24, 2.45) is 11.8 Å². The summed E-state index contributed by atoms with van der Waals surface area (Å²) in [6, 6.07) is 27.0. The van der Waals surface area contributed by atoms with E-state index in [0.29, 0.717) is 62.9 Å². The Morgan fingerprint density at radius 1 is 0.800 bits per heavy atom. The van der Waals surface area contributed by atoms with Crippen molar-refractivity contribution in [1.29, 1.82) is 0 Å². The van der Waals surface area contributed by atoms with Crippen molar-refractivity contribution in [3.05, 3.63) is 102 Å². The number of hydrogen-bond donors (Lipinski definition) is 2. The number of anilines is 1. The molecule has 55 heavy (non-hydrogen) atoms. The van der Waals surface area contributed by atoms with Crippen LogP contribution in [0.25, 0.3) is 0 Å². The van der Waals surface area contributed by atoms with Crippen LogP contribution in [0, 0.1) is 11.8 Å². The van der Waals surface area contributed by atoms with Crippen LogP contribution >= 0.6 is 11.8 Å². The first-order valence-electron chi connectivity index (χ1n) is 19.9. The molecule has 0 aromatic heterocycles. The van der Waals surface area contributed by atoms with Crippen LogP contribution in [-0.4, -0.2) is 77.4 Å². The average molecular weight is 767 g/mol. The van der Waals surface area contributed by atoms with Crippen LogP contribution < -0.4 is 15.5 Å². The highest BCUT2D eigenvalue weighted by Crippen LogP contribution is 2.35. The van der Waals surface area contributed by atoms with Gasteiger partial charge in [-0.3, -0.25) is 24.1 Å². The summed E-state index contributed by atoms with van der Waals surface area (Å²) in [4.78, 5) is 73.3. The molecule has 10 nitrogen and oxygen atoms in total. The number of amides is 4. The maximum Gasteiger partial charge on any atom is 0.328 e. The molecular formula is C44H54N4O6S. The largest absolute Gasteiger partial charge is 0.467 e. The number of methoxy groups -OCH3 is 1. The minimum Gasteiger partial charge on any atom is -0.467 e. The molecule has 3 aliphatic rings. The van der Waals surface area contributed by atoms with Crippen LogP contribution in [0.5, 0.6) is 0 Å². The Morgan fingerprint density at radius 2 is 1.44 bits per heavy atom. The second kappa shape index (κ2) is 19.8. The van der Waals surface area contributed by atoms with Crippen molar-refractivity contribution >= 4 is 47.0 Å². The Labute approximate surface area is 329 Å². The van der Waals surface area contributed by atoms with E-state index in [9.17, 15) is 19.2 Å². The van der Waals surface area contributed by atoms with Crippen molar-refractivity contribution in [3.8, 4) is 0 Å². The fourth-order valence-corrected chi connectivity index (χ4v) is 9.66. The van der Waals surface area contributed by atoms with Crippen molar-refractivity contribution in [1.82, 2.24) is 15.5 Å². The molecule has 0 radical (unpaired) electrons. The number of carbonyl (C=O) groups excluding carboxylic acids is 5. The van der Waals surface area contributed by atoms with Gasteiger partial charge in [0.05, 0.1) is 12.5 Å². The van der Waals surface area contributed by atoms with Gasteiger partial charge in [-0.05, 0) is 93.2 Å². The number of fused-ring (bicyclic) bond motifs is 1. The van der Waals surface area contributed by atoms with Crippen LogP contribution in [0.2, 0.25) is 0 Å². The number of ether oxygens (including phenoxy) is 1. The summed E-state index contributed by atoms with van der Waals surface area (Å²) in [5.74, 6) is -1.61. The second-order valence-electron chi connectivity index (χ2n) is 14.9. The molecule has 6 atom stereocenters. The molecule has 3 unspecified atom stereocenters. The van der Waals surface area contributed by atoms with Gasteiger partial charge < -0.3 is 20.3 Å². The van der Waals surface area contributed by atoms with Gasteiger partial charge in [0.25, 0.3) is 0 Å². The molecule has 3 aromatic rings. The Kier molecular flexibility index (Phi) is 14.4. The number of esters is 1. The average Bonchev–Trinajstić information content (AvgIpc) is 3.37. The third-order valence-electron chi connectivity index (χ3n) is 11.2. The first-order valence-corrected chi connectivity index (χ1v) is 20.9. The molecule has 4 amide bonds. The first kappa shape index (κ1) is 40.0. The van der Waals surface area contributed by atoms with E-state index < -0.39 is 35.9 Å². The third-order valence-corrected chi connectivity index (χ3v) is 12.5. The number of para-hydroxylation sites is 1. The highest BCUT2D eigenvalue weighted by molar-refractivity contribution is 7.99.